The third-order valence-electron chi connectivity index (χ3n) is 2.36. The van der Waals surface area contributed by atoms with Crippen molar-refractivity contribution in [3.05, 3.63) is 0 Å². The van der Waals surface area contributed by atoms with E-state index in [1.54, 1.807) is 0 Å². The van der Waals surface area contributed by atoms with Crippen LogP contribution in [0, 0.1) is 12.3 Å². The molecule has 1 saturated heterocycles. The molecule has 0 bridgehead atoms. The van der Waals surface area contributed by atoms with Gasteiger partial charge < -0.3 is 5.73 Å². The van der Waals surface area contributed by atoms with Gasteiger partial charge in [-0.15, -0.1) is 6.42 Å². The molecule has 1 aliphatic heterocycles. The highest BCUT2D eigenvalue weighted by Gasteiger charge is 2.18. The minimum atomic E-state index is 0.280. The van der Waals surface area contributed by atoms with E-state index >= 15 is 0 Å². The Bertz CT molecular complexity index is 151. The number of likely N-dealkylation sites (tertiary alicyclic amines) is 1. The lowest BCUT2D eigenvalue weighted by Crippen LogP contribution is -2.43. The molecule has 1 rings (SSSR count). The van der Waals surface area contributed by atoms with E-state index in [2.05, 4.69) is 17.7 Å². The van der Waals surface area contributed by atoms with Crippen LogP contribution in [-0.2, 0) is 0 Å². The molecular formula is C9H16N2. The van der Waals surface area contributed by atoms with Gasteiger partial charge in [0.05, 0.1) is 6.04 Å². The van der Waals surface area contributed by atoms with Crippen molar-refractivity contribution < 1.29 is 0 Å². The first-order valence-electron chi connectivity index (χ1n) is 4.20. The van der Waals surface area contributed by atoms with Crippen molar-refractivity contribution in [2.75, 3.05) is 13.1 Å². The Morgan fingerprint density at radius 3 is 2.55 bits per heavy atom. The van der Waals surface area contributed by atoms with Crippen molar-refractivity contribution in [1.82, 2.24) is 4.90 Å². The van der Waals surface area contributed by atoms with Gasteiger partial charge in [-0.2, -0.15) is 0 Å². The first kappa shape index (κ1) is 8.58. The molecule has 11 heavy (non-hydrogen) atoms. The van der Waals surface area contributed by atoms with Crippen molar-refractivity contribution in [2.24, 2.45) is 5.73 Å². The van der Waals surface area contributed by atoms with E-state index in [1.165, 1.54) is 0 Å². The zero-order valence-electron chi connectivity index (χ0n) is 7.09. The van der Waals surface area contributed by atoms with Crippen LogP contribution in [0.5, 0.6) is 0 Å². The molecule has 2 nitrogen and oxygen atoms in total. The van der Waals surface area contributed by atoms with E-state index in [0.29, 0.717) is 6.04 Å². The Morgan fingerprint density at radius 2 is 2.09 bits per heavy atom. The van der Waals surface area contributed by atoms with Gasteiger partial charge in [0.1, 0.15) is 0 Å². The number of nitrogens with zero attached hydrogens (tertiary/aromatic N) is 1. The second-order valence-electron chi connectivity index (χ2n) is 3.22. The van der Waals surface area contributed by atoms with E-state index in [4.69, 9.17) is 12.2 Å². The monoisotopic (exact) mass is 152 g/mol. The smallest absolute Gasteiger partial charge is 0.0683 e. The van der Waals surface area contributed by atoms with Crippen LogP contribution in [0.4, 0.5) is 0 Å². The summed E-state index contributed by atoms with van der Waals surface area (Å²) in [6, 6.07) is 0.679. The Kier molecular flexibility index (Phi) is 2.92. The molecule has 1 fully saturated rings. The maximum Gasteiger partial charge on any atom is 0.0683 e. The summed E-state index contributed by atoms with van der Waals surface area (Å²) in [5.41, 5.74) is 5.76. The zero-order valence-corrected chi connectivity index (χ0v) is 7.09. The molecule has 0 aromatic carbocycles. The van der Waals surface area contributed by atoms with Gasteiger partial charge in [0.15, 0.2) is 0 Å². The number of terminal acetylenes is 1. The Labute approximate surface area is 68.8 Å². The SMILES string of the molecule is C#CC(C)N1CCC(N)CC1. The number of nitrogens with two attached hydrogens (primary N) is 1. The fourth-order valence-electron chi connectivity index (χ4n) is 1.41. The largest absolute Gasteiger partial charge is 0.328 e. The zero-order chi connectivity index (χ0) is 8.27. The number of rotatable bonds is 1. The maximum atomic E-state index is 5.76. The van der Waals surface area contributed by atoms with Crippen molar-refractivity contribution in [3.8, 4) is 12.3 Å². The summed E-state index contributed by atoms with van der Waals surface area (Å²) in [5, 5.41) is 0. The summed E-state index contributed by atoms with van der Waals surface area (Å²) in [4.78, 5) is 2.31. The second kappa shape index (κ2) is 3.75. The topological polar surface area (TPSA) is 29.3 Å². The highest BCUT2D eigenvalue weighted by Crippen LogP contribution is 2.10. The summed E-state index contributed by atoms with van der Waals surface area (Å²) >= 11 is 0. The summed E-state index contributed by atoms with van der Waals surface area (Å²) in [7, 11) is 0. The first-order valence-corrected chi connectivity index (χ1v) is 4.20. The summed E-state index contributed by atoms with van der Waals surface area (Å²) in [5.74, 6) is 2.73. The highest BCUT2D eigenvalue weighted by molar-refractivity contribution is 4.98. The molecule has 0 spiro atoms. The molecule has 1 aliphatic rings. The van der Waals surface area contributed by atoms with Crippen LogP contribution in [0.3, 0.4) is 0 Å². The number of hydrogen-bond donors (Lipinski definition) is 1. The molecule has 0 amide bonds. The van der Waals surface area contributed by atoms with Gasteiger partial charge in [0.25, 0.3) is 0 Å². The molecule has 1 unspecified atom stereocenters. The van der Waals surface area contributed by atoms with E-state index in [9.17, 15) is 0 Å². The van der Waals surface area contributed by atoms with Crippen LogP contribution >= 0.6 is 0 Å². The minimum absolute atomic E-state index is 0.280. The van der Waals surface area contributed by atoms with Gasteiger partial charge in [-0.3, -0.25) is 4.90 Å². The maximum absolute atomic E-state index is 5.76. The van der Waals surface area contributed by atoms with Gasteiger partial charge in [0.2, 0.25) is 0 Å². The summed E-state index contributed by atoms with van der Waals surface area (Å²) < 4.78 is 0. The lowest BCUT2D eigenvalue weighted by Gasteiger charge is -2.32. The van der Waals surface area contributed by atoms with E-state index in [0.717, 1.165) is 25.9 Å². The third kappa shape index (κ3) is 2.21. The lowest BCUT2D eigenvalue weighted by atomic mass is 10.0. The number of hydrogen-bond acceptors (Lipinski definition) is 2. The van der Waals surface area contributed by atoms with Crippen molar-refractivity contribution in [3.63, 3.8) is 0 Å². The highest BCUT2D eigenvalue weighted by atomic mass is 15.2. The van der Waals surface area contributed by atoms with Crippen LogP contribution in [0.25, 0.3) is 0 Å². The van der Waals surface area contributed by atoms with Crippen molar-refractivity contribution in [1.29, 1.82) is 0 Å². The Balaban J connectivity index is 2.34. The average Bonchev–Trinajstić information content (AvgIpc) is 2.05. The third-order valence-corrected chi connectivity index (χ3v) is 2.36. The average molecular weight is 152 g/mol. The molecule has 2 heteroatoms. The Hall–Kier alpha value is -0.520. The van der Waals surface area contributed by atoms with Crippen molar-refractivity contribution >= 4 is 0 Å². The molecule has 0 aliphatic carbocycles. The van der Waals surface area contributed by atoms with Crippen LogP contribution in [-0.4, -0.2) is 30.1 Å². The van der Waals surface area contributed by atoms with Crippen LogP contribution < -0.4 is 5.73 Å². The molecule has 0 aromatic rings. The van der Waals surface area contributed by atoms with E-state index < -0.39 is 0 Å². The standard InChI is InChI=1S/C9H16N2/c1-3-8(2)11-6-4-9(10)5-7-11/h1,8-9H,4-7,10H2,2H3. The van der Waals surface area contributed by atoms with Gasteiger partial charge in [0, 0.05) is 19.1 Å². The van der Waals surface area contributed by atoms with Gasteiger partial charge in [-0.05, 0) is 19.8 Å². The fraction of sp³-hybridized carbons (Fsp3) is 0.778. The normalized spacial score (nSPS) is 24.5. The van der Waals surface area contributed by atoms with E-state index in [1.807, 2.05) is 0 Å². The summed E-state index contributed by atoms with van der Waals surface area (Å²) in [6.45, 7) is 4.19. The first-order chi connectivity index (χ1) is 5.24. The molecule has 1 heterocycles. The molecule has 1 atom stereocenters. The second-order valence-corrected chi connectivity index (χ2v) is 3.22. The van der Waals surface area contributed by atoms with E-state index in [-0.39, 0.29) is 6.04 Å². The minimum Gasteiger partial charge on any atom is -0.328 e. The molecule has 2 N–H and O–H groups in total. The predicted molar refractivity (Wildman–Crippen MR) is 47.1 cm³/mol. The van der Waals surface area contributed by atoms with Crippen molar-refractivity contribution in [2.45, 2.75) is 31.8 Å². The van der Waals surface area contributed by atoms with Gasteiger partial charge >= 0.3 is 0 Å². The molecule has 0 radical (unpaired) electrons. The van der Waals surface area contributed by atoms with Crippen LogP contribution in [0.15, 0.2) is 0 Å². The van der Waals surface area contributed by atoms with Crippen LogP contribution in [0.2, 0.25) is 0 Å². The molecule has 0 saturated carbocycles. The molecule has 62 valence electrons. The predicted octanol–water partition coefficient (Wildman–Crippen LogP) is 0.431. The van der Waals surface area contributed by atoms with Gasteiger partial charge in [-0.25, -0.2) is 0 Å². The fourth-order valence-corrected chi connectivity index (χ4v) is 1.41. The Morgan fingerprint density at radius 1 is 1.55 bits per heavy atom. The molecular weight excluding hydrogens is 136 g/mol. The summed E-state index contributed by atoms with van der Waals surface area (Å²) in [6.07, 6.45) is 7.49. The quantitative estimate of drug-likeness (QED) is 0.552. The number of piperidine rings is 1. The van der Waals surface area contributed by atoms with Crippen LogP contribution in [0.1, 0.15) is 19.8 Å². The lowest BCUT2D eigenvalue weighted by molar-refractivity contribution is 0.192. The van der Waals surface area contributed by atoms with Gasteiger partial charge in [-0.1, -0.05) is 5.92 Å². The molecule has 0 aromatic heterocycles.